The van der Waals surface area contributed by atoms with E-state index in [4.69, 9.17) is 4.74 Å². The van der Waals surface area contributed by atoms with Crippen molar-refractivity contribution in [3.8, 4) is 0 Å². The SMILES string of the molecule is CC/C=C/C=C/C=C/CCCCCCCC(CC(=O)NC(CO)C(O)CCCCCCCCCCCCCC)OC(=O)CCCCCCCCCCCCCCCCCCCCC. The van der Waals surface area contributed by atoms with Crippen molar-refractivity contribution in [3.05, 3.63) is 36.5 Å². The molecular formula is C57H107NO5. The van der Waals surface area contributed by atoms with E-state index in [1.54, 1.807) is 0 Å². The van der Waals surface area contributed by atoms with Gasteiger partial charge in [0, 0.05) is 6.42 Å². The number of hydrogen-bond donors (Lipinski definition) is 3. The molecule has 0 aliphatic heterocycles. The zero-order chi connectivity index (χ0) is 45.9. The van der Waals surface area contributed by atoms with Gasteiger partial charge in [-0.1, -0.05) is 269 Å². The smallest absolute Gasteiger partial charge is 0.306 e. The molecule has 3 N–H and O–H groups in total. The molecule has 63 heavy (non-hydrogen) atoms. The Morgan fingerprint density at radius 1 is 0.476 bits per heavy atom. The second-order valence-corrected chi connectivity index (χ2v) is 19.0. The number of nitrogens with one attached hydrogen (secondary N) is 1. The van der Waals surface area contributed by atoms with Crippen LogP contribution in [0.1, 0.15) is 290 Å². The number of ether oxygens (including phenoxy) is 1. The van der Waals surface area contributed by atoms with E-state index in [9.17, 15) is 19.8 Å². The summed E-state index contributed by atoms with van der Waals surface area (Å²) in [6, 6.07) is -0.705. The Morgan fingerprint density at radius 3 is 1.29 bits per heavy atom. The number of carbonyl (C=O) groups excluding carboxylic acids is 2. The van der Waals surface area contributed by atoms with Gasteiger partial charge in [0.15, 0.2) is 0 Å². The highest BCUT2D eigenvalue weighted by Crippen LogP contribution is 2.19. The van der Waals surface area contributed by atoms with Crippen molar-refractivity contribution in [2.24, 2.45) is 0 Å². The van der Waals surface area contributed by atoms with E-state index in [0.29, 0.717) is 19.3 Å². The van der Waals surface area contributed by atoms with Crippen LogP contribution < -0.4 is 5.32 Å². The Morgan fingerprint density at radius 2 is 0.857 bits per heavy atom. The maximum atomic E-state index is 13.2. The largest absolute Gasteiger partial charge is 0.462 e. The van der Waals surface area contributed by atoms with Crippen LogP contribution in [0.2, 0.25) is 0 Å². The number of unbranched alkanes of at least 4 members (excludes halogenated alkanes) is 34. The third-order valence-corrected chi connectivity index (χ3v) is 12.8. The summed E-state index contributed by atoms with van der Waals surface area (Å²) >= 11 is 0. The standard InChI is InChI=1S/C57H107NO5/c1-4-7-10-13-16-19-22-25-26-27-28-29-30-32-35-38-41-44-47-50-57(62)63-53(48-45-42-39-36-33-31-23-20-17-14-11-8-5-2)51-56(61)58-54(52-59)55(60)49-46-43-40-37-34-24-21-18-15-12-9-6-3/h8,11,14,17,20,23,53-55,59-60H,4-7,9-10,12-13,15-16,18-19,21-22,24-52H2,1-3H3,(H,58,61)/b11-8+,17-14+,23-20+. The van der Waals surface area contributed by atoms with Gasteiger partial charge in [0.05, 0.1) is 25.2 Å². The number of allylic oxidation sites excluding steroid dienone is 6. The molecule has 370 valence electrons. The molecule has 0 heterocycles. The van der Waals surface area contributed by atoms with Crippen molar-refractivity contribution < 1.29 is 24.5 Å². The molecule has 1 amide bonds. The fraction of sp³-hybridized carbons (Fsp3) is 0.860. The normalized spacial score (nSPS) is 13.4. The lowest BCUT2D eigenvalue weighted by Crippen LogP contribution is -2.46. The fourth-order valence-electron chi connectivity index (χ4n) is 8.61. The molecule has 0 spiro atoms. The monoisotopic (exact) mass is 886 g/mol. The van der Waals surface area contributed by atoms with Crippen LogP contribution in [0.3, 0.4) is 0 Å². The summed E-state index contributed by atoms with van der Waals surface area (Å²) in [5, 5.41) is 23.8. The molecule has 3 atom stereocenters. The van der Waals surface area contributed by atoms with Gasteiger partial charge in [-0.15, -0.1) is 0 Å². The molecule has 0 radical (unpaired) electrons. The summed E-state index contributed by atoms with van der Waals surface area (Å²) in [6.45, 7) is 6.37. The van der Waals surface area contributed by atoms with Gasteiger partial charge in [0.25, 0.3) is 0 Å². The lowest BCUT2D eigenvalue weighted by Gasteiger charge is -2.24. The quantitative estimate of drug-likeness (QED) is 0.0321. The van der Waals surface area contributed by atoms with Crippen molar-refractivity contribution >= 4 is 11.9 Å². The van der Waals surface area contributed by atoms with Crippen molar-refractivity contribution in [2.75, 3.05) is 6.61 Å². The van der Waals surface area contributed by atoms with Crippen molar-refractivity contribution in [1.82, 2.24) is 5.32 Å². The van der Waals surface area contributed by atoms with E-state index in [1.165, 1.54) is 161 Å². The molecule has 0 bridgehead atoms. The molecule has 0 saturated carbocycles. The average molecular weight is 886 g/mol. The third kappa shape index (κ3) is 46.4. The molecule has 0 aromatic heterocycles. The lowest BCUT2D eigenvalue weighted by atomic mass is 10.0. The summed E-state index contributed by atoms with van der Waals surface area (Å²) in [6.07, 6.45) is 60.7. The molecule has 6 nitrogen and oxygen atoms in total. The first-order valence-corrected chi connectivity index (χ1v) is 27.7. The second-order valence-electron chi connectivity index (χ2n) is 19.0. The molecule has 0 aromatic carbocycles. The van der Waals surface area contributed by atoms with Crippen LogP contribution in [-0.2, 0) is 14.3 Å². The second kappa shape index (κ2) is 51.1. The summed E-state index contributed by atoms with van der Waals surface area (Å²) in [4.78, 5) is 26.2. The average Bonchev–Trinajstić information content (AvgIpc) is 3.28. The minimum absolute atomic E-state index is 0.0680. The molecule has 6 heteroatoms. The topological polar surface area (TPSA) is 95.9 Å². The first-order valence-electron chi connectivity index (χ1n) is 27.7. The highest BCUT2D eigenvalue weighted by atomic mass is 16.5. The third-order valence-electron chi connectivity index (χ3n) is 12.8. The predicted octanol–water partition coefficient (Wildman–Crippen LogP) is 16.8. The van der Waals surface area contributed by atoms with Gasteiger partial charge in [-0.05, 0) is 44.9 Å². The number of aliphatic hydroxyl groups excluding tert-OH is 2. The molecule has 0 aliphatic rings. The number of carbonyl (C=O) groups is 2. The summed E-state index contributed by atoms with van der Waals surface area (Å²) in [7, 11) is 0. The highest BCUT2D eigenvalue weighted by molar-refractivity contribution is 5.77. The van der Waals surface area contributed by atoms with Crippen LogP contribution in [0.5, 0.6) is 0 Å². The zero-order valence-electron chi connectivity index (χ0n) is 42.2. The van der Waals surface area contributed by atoms with Gasteiger partial charge >= 0.3 is 5.97 Å². The van der Waals surface area contributed by atoms with E-state index in [2.05, 4.69) is 62.5 Å². The van der Waals surface area contributed by atoms with Crippen molar-refractivity contribution in [3.63, 3.8) is 0 Å². The van der Waals surface area contributed by atoms with Crippen LogP contribution in [0.25, 0.3) is 0 Å². The summed E-state index contributed by atoms with van der Waals surface area (Å²) < 4.78 is 5.94. The maximum Gasteiger partial charge on any atom is 0.306 e. The first kappa shape index (κ1) is 61.1. The molecule has 0 fully saturated rings. The molecule has 0 saturated heterocycles. The number of hydrogen-bond acceptors (Lipinski definition) is 5. The van der Waals surface area contributed by atoms with E-state index in [0.717, 1.165) is 83.5 Å². The highest BCUT2D eigenvalue weighted by Gasteiger charge is 2.24. The van der Waals surface area contributed by atoms with Crippen LogP contribution in [0, 0.1) is 0 Å². The van der Waals surface area contributed by atoms with Gasteiger partial charge < -0.3 is 20.3 Å². The van der Waals surface area contributed by atoms with Gasteiger partial charge in [-0.3, -0.25) is 9.59 Å². The van der Waals surface area contributed by atoms with Crippen LogP contribution in [-0.4, -0.2) is 46.9 Å². The Kier molecular flexibility index (Phi) is 49.5. The Hall–Kier alpha value is -1.92. The molecular weight excluding hydrogens is 779 g/mol. The zero-order valence-corrected chi connectivity index (χ0v) is 42.2. The molecule has 0 aromatic rings. The van der Waals surface area contributed by atoms with Crippen molar-refractivity contribution in [2.45, 2.75) is 309 Å². The fourth-order valence-corrected chi connectivity index (χ4v) is 8.61. The maximum absolute atomic E-state index is 13.2. The Labute approximate surface area is 392 Å². The predicted molar refractivity (Wildman–Crippen MR) is 273 cm³/mol. The van der Waals surface area contributed by atoms with E-state index in [1.807, 2.05) is 0 Å². The van der Waals surface area contributed by atoms with Crippen LogP contribution >= 0.6 is 0 Å². The first-order chi connectivity index (χ1) is 31.0. The van der Waals surface area contributed by atoms with Gasteiger partial charge in [0.1, 0.15) is 6.10 Å². The molecule has 0 aliphatic carbocycles. The van der Waals surface area contributed by atoms with E-state index in [-0.39, 0.29) is 24.9 Å². The van der Waals surface area contributed by atoms with Gasteiger partial charge in [-0.25, -0.2) is 0 Å². The number of rotatable bonds is 50. The minimum atomic E-state index is -0.791. The number of esters is 1. The van der Waals surface area contributed by atoms with E-state index >= 15 is 0 Å². The minimum Gasteiger partial charge on any atom is -0.462 e. The molecule has 3 unspecified atom stereocenters. The lowest BCUT2D eigenvalue weighted by molar-refractivity contribution is -0.151. The Balaban J connectivity index is 4.49. The van der Waals surface area contributed by atoms with Crippen molar-refractivity contribution in [1.29, 1.82) is 0 Å². The van der Waals surface area contributed by atoms with Crippen LogP contribution in [0.4, 0.5) is 0 Å². The molecule has 0 rings (SSSR count). The summed E-state index contributed by atoms with van der Waals surface area (Å²) in [5.74, 6) is -0.480. The summed E-state index contributed by atoms with van der Waals surface area (Å²) in [5.41, 5.74) is 0. The number of aliphatic hydroxyl groups is 2. The van der Waals surface area contributed by atoms with Crippen LogP contribution in [0.15, 0.2) is 36.5 Å². The van der Waals surface area contributed by atoms with Gasteiger partial charge in [-0.2, -0.15) is 0 Å². The van der Waals surface area contributed by atoms with E-state index < -0.39 is 18.2 Å². The number of amides is 1. The Bertz CT molecular complexity index is 1040. The van der Waals surface area contributed by atoms with Gasteiger partial charge in [0.2, 0.25) is 5.91 Å².